The average molecular weight is 264 g/mol. The van der Waals surface area contributed by atoms with Crippen LogP contribution in [0.5, 0.6) is 0 Å². The molecule has 0 saturated heterocycles. The molecule has 0 radical (unpaired) electrons. The summed E-state index contributed by atoms with van der Waals surface area (Å²) in [6.45, 7) is 6.04. The van der Waals surface area contributed by atoms with E-state index in [0.29, 0.717) is 31.7 Å². The summed E-state index contributed by atoms with van der Waals surface area (Å²) in [6, 6.07) is 0. The Morgan fingerprint density at radius 3 is 2.95 bits per heavy atom. The lowest BCUT2D eigenvalue weighted by Crippen LogP contribution is -2.19. The third-order valence-electron chi connectivity index (χ3n) is 3.55. The lowest BCUT2D eigenvalue weighted by atomic mass is 9.89. The zero-order valence-corrected chi connectivity index (χ0v) is 11.8. The fourth-order valence-corrected chi connectivity index (χ4v) is 2.48. The van der Waals surface area contributed by atoms with E-state index in [1.54, 1.807) is 6.08 Å². The highest BCUT2D eigenvalue weighted by molar-refractivity contribution is 5.84. The Morgan fingerprint density at radius 2 is 2.26 bits per heavy atom. The summed E-state index contributed by atoms with van der Waals surface area (Å²) in [5, 5.41) is 0. The summed E-state index contributed by atoms with van der Waals surface area (Å²) in [6.07, 6.45) is 10.1. The second kappa shape index (κ2) is 8.68. The van der Waals surface area contributed by atoms with Crippen LogP contribution in [0.15, 0.2) is 24.8 Å². The predicted molar refractivity (Wildman–Crippen MR) is 75.7 cm³/mol. The Morgan fingerprint density at radius 1 is 1.47 bits per heavy atom. The molecule has 106 valence electrons. The Kier molecular flexibility index (Phi) is 7.16. The smallest absolute Gasteiger partial charge is 0.306 e. The minimum Gasteiger partial charge on any atom is -0.465 e. The van der Waals surface area contributed by atoms with Crippen molar-refractivity contribution < 1.29 is 14.3 Å². The van der Waals surface area contributed by atoms with Crippen molar-refractivity contribution in [2.24, 2.45) is 11.8 Å². The largest absolute Gasteiger partial charge is 0.465 e. The molecule has 1 rings (SSSR count). The molecule has 1 aliphatic rings. The molecular formula is C16H24O3. The molecule has 3 nitrogen and oxygen atoms in total. The molecule has 0 aromatic carbocycles. The molecule has 0 spiro atoms. The van der Waals surface area contributed by atoms with Crippen LogP contribution in [0.25, 0.3) is 0 Å². The number of esters is 1. The monoisotopic (exact) mass is 264 g/mol. The lowest BCUT2D eigenvalue weighted by Gasteiger charge is -2.16. The van der Waals surface area contributed by atoms with Gasteiger partial charge in [-0.25, -0.2) is 0 Å². The fourth-order valence-electron chi connectivity index (χ4n) is 2.48. The standard InChI is InChI=1S/C16H24O3/c1-3-5-7-8-14-13(9-10-15(14)17)12-16(18)19-11-6-4-2/h4-5,7,13-14H,2-3,6,8-12H2,1H3/b7-5-/t13-,14-/m1/s1. The van der Waals surface area contributed by atoms with Gasteiger partial charge in [-0.05, 0) is 31.6 Å². The number of carbonyl (C=O) groups is 2. The van der Waals surface area contributed by atoms with Gasteiger partial charge >= 0.3 is 5.97 Å². The summed E-state index contributed by atoms with van der Waals surface area (Å²) in [7, 11) is 0. The van der Waals surface area contributed by atoms with Gasteiger partial charge < -0.3 is 4.74 Å². The van der Waals surface area contributed by atoms with Crippen molar-refractivity contribution in [1.29, 1.82) is 0 Å². The van der Waals surface area contributed by atoms with E-state index < -0.39 is 0 Å². The van der Waals surface area contributed by atoms with Gasteiger partial charge in [0, 0.05) is 18.8 Å². The van der Waals surface area contributed by atoms with Crippen LogP contribution in [0.3, 0.4) is 0 Å². The number of Topliss-reactive ketones (excluding diaryl/α,β-unsaturated/α-hetero) is 1. The van der Waals surface area contributed by atoms with E-state index in [2.05, 4.69) is 25.7 Å². The van der Waals surface area contributed by atoms with Crippen molar-refractivity contribution in [3.63, 3.8) is 0 Å². The van der Waals surface area contributed by atoms with Gasteiger partial charge in [-0.3, -0.25) is 9.59 Å². The first-order chi connectivity index (χ1) is 9.19. The van der Waals surface area contributed by atoms with Gasteiger partial charge in [0.2, 0.25) is 0 Å². The highest BCUT2D eigenvalue weighted by atomic mass is 16.5. The van der Waals surface area contributed by atoms with Gasteiger partial charge in [-0.1, -0.05) is 25.2 Å². The van der Waals surface area contributed by atoms with Crippen LogP contribution < -0.4 is 0 Å². The molecule has 0 aromatic rings. The highest BCUT2D eigenvalue weighted by Gasteiger charge is 2.35. The van der Waals surface area contributed by atoms with Gasteiger partial charge in [-0.2, -0.15) is 0 Å². The maximum atomic E-state index is 11.8. The minimum atomic E-state index is -0.189. The van der Waals surface area contributed by atoms with Gasteiger partial charge in [-0.15, -0.1) is 6.58 Å². The third-order valence-corrected chi connectivity index (χ3v) is 3.55. The summed E-state index contributed by atoms with van der Waals surface area (Å²) < 4.78 is 5.11. The van der Waals surface area contributed by atoms with Crippen molar-refractivity contribution >= 4 is 11.8 Å². The number of allylic oxidation sites excluding steroid dienone is 2. The Labute approximate surface area is 115 Å². The van der Waals surface area contributed by atoms with Crippen molar-refractivity contribution in [3.8, 4) is 0 Å². The number of ether oxygens (including phenoxy) is 1. The first kappa shape index (κ1) is 15.7. The zero-order valence-electron chi connectivity index (χ0n) is 11.8. The Balaban J connectivity index is 2.41. The zero-order chi connectivity index (χ0) is 14.1. The van der Waals surface area contributed by atoms with Crippen LogP contribution >= 0.6 is 0 Å². The summed E-state index contributed by atoms with van der Waals surface area (Å²) in [4.78, 5) is 23.5. The van der Waals surface area contributed by atoms with E-state index in [-0.39, 0.29) is 17.8 Å². The number of carbonyl (C=O) groups excluding carboxylic acids is 2. The average Bonchev–Trinajstić information content (AvgIpc) is 2.72. The third kappa shape index (κ3) is 5.41. The van der Waals surface area contributed by atoms with Crippen LogP contribution in [0.4, 0.5) is 0 Å². The van der Waals surface area contributed by atoms with Crippen LogP contribution in [0.1, 0.15) is 45.4 Å². The number of hydrogen-bond acceptors (Lipinski definition) is 3. The molecule has 0 bridgehead atoms. The molecule has 0 aromatic heterocycles. The molecule has 3 heteroatoms. The molecule has 0 heterocycles. The molecule has 0 amide bonds. The van der Waals surface area contributed by atoms with E-state index in [1.165, 1.54) is 0 Å². The Bertz CT molecular complexity index is 344. The molecular weight excluding hydrogens is 240 g/mol. The first-order valence-corrected chi connectivity index (χ1v) is 7.13. The number of rotatable bonds is 8. The minimum absolute atomic E-state index is 0.00903. The molecule has 1 saturated carbocycles. The lowest BCUT2D eigenvalue weighted by molar-refractivity contribution is -0.144. The summed E-state index contributed by atoms with van der Waals surface area (Å²) >= 11 is 0. The molecule has 1 fully saturated rings. The van der Waals surface area contributed by atoms with Gasteiger partial charge in [0.25, 0.3) is 0 Å². The van der Waals surface area contributed by atoms with E-state index in [1.807, 2.05) is 0 Å². The van der Waals surface area contributed by atoms with E-state index in [9.17, 15) is 9.59 Å². The summed E-state index contributed by atoms with van der Waals surface area (Å²) in [5.41, 5.74) is 0. The van der Waals surface area contributed by atoms with Crippen LogP contribution in [0.2, 0.25) is 0 Å². The molecule has 0 aliphatic heterocycles. The SMILES string of the molecule is C=CCCOC(=O)C[C@H]1CCC(=O)[C@@H]1C/C=C\CC. The van der Waals surface area contributed by atoms with Crippen molar-refractivity contribution in [3.05, 3.63) is 24.8 Å². The van der Waals surface area contributed by atoms with Crippen molar-refractivity contribution in [2.75, 3.05) is 6.61 Å². The molecule has 0 N–H and O–H groups in total. The van der Waals surface area contributed by atoms with Crippen LogP contribution in [-0.2, 0) is 14.3 Å². The van der Waals surface area contributed by atoms with E-state index in [4.69, 9.17) is 4.74 Å². The van der Waals surface area contributed by atoms with Gasteiger partial charge in [0.05, 0.1) is 6.61 Å². The molecule has 19 heavy (non-hydrogen) atoms. The normalized spacial score (nSPS) is 22.9. The number of ketones is 1. The summed E-state index contributed by atoms with van der Waals surface area (Å²) in [5.74, 6) is 0.274. The second-order valence-corrected chi connectivity index (χ2v) is 4.99. The van der Waals surface area contributed by atoms with E-state index >= 15 is 0 Å². The Hall–Kier alpha value is -1.38. The van der Waals surface area contributed by atoms with Crippen molar-refractivity contribution in [1.82, 2.24) is 0 Å². The maximum Gasteiger partial charge on any atom is 0.306 e. The first-order valence-electron chi connectivity index (χ1n) is 7.13. The molecule has 1 aliphatic carbocycles. The molecule has 0 unspecified atom stereocenters. The van der Waals surface area contributed by atoms with Gasteiger partial charge in [0.15, 0.2) is 0 Å². The number of hydrogen-bond donors (Lipinski definition) is 0. The quantitative estimate of drug-likeness (QED) is 0.383. The van der Waals surface area contributed by atoms with Crippen LogP contribution in [-0.4, -0.2) is 18.4 Å². The highest BCUT2D eigenvalue weighted by Crippen LogP contribution is 2.34. The van der Waals surface area contributed by atoms with E-state index in [0.717, 1.165) is 19.3 Å². The topological polar surface area (TPSA) is 43.4 Å². The second-order valence-electron chi connectivity index (χ2n) is 4.99. The predicted octanol–water partition coefficient (Wildman–Crippen LogP) is 3.45. The maximum absolute atomic E-state index is 11.8. The molecule has 2 atom stereocenters. The van der Waals surface area contributed by atoms with Crippen molar-refractivity contribution in [2.45, 2.75) is 45.4 Å². The van der Waals surface area contributed by atoms with Crippen LogP contribution in [0, 0.1) is 11.8 Å². The van der Waals surface area contributed by atoms with Gasteiger partial charge in [0.1, 0.15) is 5.78 Å². The fraction of sp³-hybridized carbons (Fsp3) is 0.625.